The van der Waals surface area contributed by atoms with Crippen LogP contribution in [-0.2, 0) is 24.2 Å². The highest BCUT2D eigenvalue weighted by Gasteiger charge is 2.12. The number of benzene rings is 1. The van der Waals surface area contributed by atoms with Gasteiger partial charge < -0.3 is 4.90 Å². The Labute approximate surface area is 124 Å². The van der Waals surface area contributed by atoms with Crippen LogP contribution in [0, 0.1) is 6.92 Å². The lowest BCUT2D eigenvalue weighted by Gasteiger charge is -2.17. The quantitative estimate of drug-likeness (QED) is 0.846. The highest BCUT2D eigenvalue weighted by molar-refractivity contribution is 7.09. The van der Waals surface area contributed by atoms with Crippen LogP contribution in [0.5, 0.6) is 0 Å². The van der Waals surface area contributed by atoms with Crippen molar-refractivity contribution >= 4 is 17.2 Å². The molecule has 0 spiro atoms. The Morgan fingerprint density at radius 1 is 1.25 bits per heavy atom. The maximum Gasteiger partial charge on any atom is 0.228 e. The number of aromatic nitrogens is 1. The standard InChI is InChI=1S/C16H20N2OS/c1-4-13-5-7-14(8-6-13)10-18(3)16(19)9-15-11-20-12(2)17-15/h5-8,11H,4,9-10H2,1-3H3. The molecule has 1 heterocycles. The van der Waals surface area contributed by atoms with Gasteiger partial charge in [0.1, 0.15) is 0 Å². The van der Waals surface area contributed by atoms with Gasteiger partial charge in [-0.25, -0.2) is 4.98 Å². The van der Waals surface area contributed by atoms with Gasteiger partial charge in [-0.05, 0) is 24.5 Å². The van der Waals surface area contributed by atoms with E-state index in [-0.39, 0.29) is 5.91 Å². The lowest BCUT2D eigenvalue weighted by molar-refractivity contribution is -0.129. The number of amides is 1. The van der Waals surface area contributed by atoms with Gasteiger partial charge in [0, 0.05) is 19.0 Å². The molecule has 2 aromatic rings. The van der Waals surface area contributed by atoms with Crippen LogP contribution < -0.4 is 0 Å². The smallest absolute Gasteiger partial charge is 0.228 e. The van der Waals surface area contributed by atoms with Gasteiger partial charge >= 0.3 is 0 Å². The molecule has 0 aliphatic carbocycles. The van der Waals surface area contributed by atoms with Crippen LogP contribution in [0.3, 0.4) is 0 Å². The third-order valence-corrected chi connectivity index (χ3v) is 4.10. The Morgan fingerprint density at radius 3 is 2.45 bits per heavy atom. The molecule has 20 heavy (non-hydrogen) atoms. The highest BCUT2D eigenvalue weighted by Crippen LogP contribution is 2.11. The lowest BCUT2D eigenvalue weighted by atomic mass is 10.1. The van der Waals surface area contributed by atoms with Crippen LogP contribution in [0.25, 0.3) is 0 Å². The summed E-state index contributed by atoms with van der Waals surface area (Å²) in [5.41, 5.74) is 3.35. The maximum absolute atomic E-state index is 12.1. The summed E-state index contributed by atoms with van der Waals surface area (Å²) >= 11 is 1.58. The molecular weight excluding hydrogens is 268 g/mol. The third kappa shape index (κ3) is 3.90. The molecule has 1 aromatic heterocycles. The molecule has 0 atom stereocenters. The second-order valence-corrected chi connectivity index (χ2v) is 6.02. The van der Waals surface area contributed by atoms with E-state index in [1.807, 2.05) is 19.4 Å². The van der Waals surface area contributed by atoms with Crippen LogP contribution in [-0.4, -0.2) is 22.8 Å². The highest BCUT2D eigenvalue weighted by atomic mass is 32.1. The Hall–Kier alpha value is -1.68. The van der Waals surface area contributed by atoms with Crippen molar-refractivity contribution in [3.63, 3.8) is 0 Å². The van der Waals surface area contributed by atoms with Crippen molar-refractivity contribution in [2.24, 2.45) is 0 Å². The Balaban J connectivity index is 1.92. The third-order valence-electron chi connectivity index (χ3n) is 3.28. The van der Waals surface area contributed by atoms with E-state index in [1.165, 1.54) is 5.56 Å². The van der Waals surface area contributed by atoms with Gasteiger partial charge in [-0.3, -0.25) is 4.79 Å². The van der Waals surface area contributed by atoms with E-state index in [0.717, 1.165) is 22.7 Å². The molecule has 0 aliphatic rings. The second-order valence-electron chi connectivity index (χ2n) is 4.95. The van der Waals surface area contributed by atoms with Crippen LogP contribution >= 0.6 is 11.3 Å². The number of hydrogen-bond acceptors (Lipinski definition) is 3. The average molecular weight is 288 g/mol. The van der Waals surface area contributed by atoms with E-state index in [1.54, 1.807) is 16.2 Å². The molecule has 3 nitrogen and oxygen atoms in total. The minimum absolute atomic E-state index is 0.106. The fraction of sp³-hybridized carbons (Fsp3) is 0.375. The minimum atomic E-state index is 0.106. The molecule has 0 fully saturated rings. The number of rotatable bonds is 5. The fourth-order valence-corrected chi connectivity index (χ4v) is 2.63. The zero-order chi connectivity index (χ0) is 14.5. The minimum Gasteiger partial charge on any atom is -0.341 e. The van der Waals surface area contributed by atoms with E-state index in [4.69, 9.17) is 0 Å². The molecule has 2 rings (SSSR count). The summed E-state index contributed by atoms with van der Waals surface area (Å²) in [6.45, 7) is 4.74. The van der Waals surface area contributed by atoms with E-state index < -0.39 is 0 Å². The first-order valence-corrected chi connectivity index (χ1v) is 7.69. The summed E-state index contributed by atoms with van der Waals surface area (Å²) in [6.07, 6.45) is 1.42. The summed E-state index contributed by atoms with van der Waals surface area (Å²) < 4.78 is 0. The number of nitrogens with zero attached hydrogens (tertiary/aromatic N) is 2. The van der Waals surface area contributed by atoms with Crippen molar-refractivity contribution in [2.45, 2.75) is 33.2 Å². The van der Waals surface area contributed by atoms with Crippen LogP contribution in [0.1, 0.15) is 28.8 Å². The molecule has 0 saturated carbocycles. The normalized spacial score (nSPS) is 10.6. The number of hydrogen-bond donors (Lipinski definition) is 0. The zero-order valence-corrected chi connectivity index (χ0v) is 13.0. The number of carbonyl (C=O) groups excluding carboxylic acids is 1. The number of carbonyl (C=O) groups is 1. The molecular formula is C16H20N2OS. The Bertz CT molecular complexity index is 574. The number of aryl methyl sites for hydroxylation is 2. The molecule has 106 valence electrons. The first-order chi connectivity index (χ1) is 9.58. The fourth-order valence-electron chi connectivity index (χ4n) is 2.02. The average Bonchev–Trinajstić information content (AvgIpc) is 2.85. The molecule has 0 radical (unpaired) electrons. The molecule has 4 heteroatoms. The van der Waals surface area contributed by atoms with E-state index in [9.17, 15) is 4.79 Å². The van der Waals surface area contributed by atoms with Crippen molar-refractivity contribution in [1.29, 1.82) is 0 Å². The summed E-state index contributed by atoms with van der Waals surface area (Å²) in [5.74, 6) is 0.106. The molecule has 0 aliphatic heterocycles. The van der Waals surface area contributed by atoms with Gasteiger partial charge in [-0.15, -0.1) is 11.3 Å². The zero-order valence-electron chi connectivity index (χ0n) is 12.2. The van der Waals surface area contributed by atoms with E-state index in [0.29, 0.717) is 13.0 Å². The molecule has 0 saturated heterocycles. The summed E-state index contributed by atoms with van der Waals surface area (Å²) in [7, 11) is 1.84. The molecule has 1 aromatic carbocycles. The number of thiazole rings is 1. The van der Waals surface area contributed by atoms with Gasteiger partial charge in [0.2, 0.25) is 5.91 Å². The van der Waals surface area contributed by atoms with Crippen LogP contribution in [0.4, 0.5) is 0 Å². The van der Waals surface area contributed by atoms with E-state index >= 15 is 0 Å². The van der Waals surface area contributed by atoms with Crippen molar-refractivity contribution in [3.05, 3.63) is 51.5 Å². The van der Waals surface area contributed by atoms with Crippen molar-refractivity contribution in [1.82, 2.24) is 9.88 Å². The van der Waals surface area contributed by atoms with Crippen molar-refractivity contribution in [3.8, 4) is 0 Å². The monoisotopic (exact) mass is 288 g/mol. The van der Waals surface area contributed by atoms with Gasteiger partial charge in [0.25, 0.3) is 0 Å². The van der Waals surface area contributed by atoms with Gasteiger partial charge in [-0.1, -0.05) is 31.2 Å². The van der Waals surface area contributed by atoms with Gasteiger partial charge in [0.05, 0.1) is 17.1 Å². The van der Waals surface area contributed by atoms with E-state index in [2.05, 4.69) is 36.2 Å². The molecule has 0 N–H and O–H groups in total. The van der Waals surface area contributed by atoms with Crippen molar-refractivity contribution < 1.29 is 4.79 Å². The number of likely N-dealkylation sites (N-methyl/N-ethyl adjacent to an activating group) is 1. The second kappa shape index (κ2) is 6.66. The predicted octanol–water partition coefficient (Wildman–Crippen LogP) is 3.22. The van der Waals surface area contributed by atoms with Gasteiger partial charge in [-0.2, -0.15) is 0 Å². The summed E-state index contributed by atoms with van der Waals surface area (Å²) in [4.78, 5) is 18.2. The van der Waals surface area contributed by atoms with Crippen LogP contribution in [0.15, 0.2) is 29.6 Å². The molecule has 0 bridgehead atoms. The van der Waals surface area contributed by atoms with Crippen LogP contribution in [0.2, 0.25) is 0 Å². The Morgan fingerprint density at radius 2 is 1.90 bits per heavy atom. The topological polar surface area (TPSA) is 33.2 Å². The maximum atomic E-state index is 12.1. The van der Waals surface area contributed by atoms with Crippen molar-refractivity contribution in [2.75, 3.05) is 7.05 Å². The predicted molar refractivity (Wildman–Crippen MR) is 82.8 cm³/mol. The largest absolute Gasteiger partial charge is 0.341 e. The Kier molecular flexibility index (Phi) is 4.90. The first kappa shape index (κ1) is 14.7. The van der Waals surface area contributed by atoms with Gasteiger partial charge in [0.15, 0.2) is 0 Å². The lowest BCUT2D eigenvalue weighted by Crippen LogP contribution is -2.27. The summed E-state index contributed by atoms with van der Waals surface area (Å²) in [5, 5.41) is 2.96. The first-order valence-electron chi connectivity index (χ1n) is 6.81. The summed E-state index contributed by atoms with van der Waals surface area (Å²) in [6, 6.07) is 8.43. The molecule has 1 amide bonds. The molecule has 0 unspecified atom stereocenters. The SMILES string of the molecule is CCc1ccc(CN(C)C(=O)Cc2csc(C)n2)cc1.